The zero-order valence-corrected chi connectivity index (χ0v) is 36.5. The van der Waals surface area contributed by atoms with Crippen LogP contribution in [0.2, 0.25) is 0 Å². The van der Waals surface area contributed by atoms with Crippen LogP contribution in [0, 0.1) is 16.0 Å². The summed E-state index contributed by atoms with van der Waals surface area (Å²) >= 11 is 0. The van der Waals surface area contributed by atoms with Crippen molar-refractivity contribution in [3.8, 4) is 17.2 Å². The molecule has 3 heterocycles. The molecule has 1 atom stereocenters. The summed E-state index contributed by atoms with van der Waals surface area (Å²) < 4.78 is 33.3. The maximum atomic E-state index is 13.3. The van der Waals surface area contributed by atoms with Gasteiger partial charge in [-0.15, -0.1) is 0 Å². The molecule has 18 nitrogen and oxygen atoms in total. The van der Waals surface area contributed by atoms with Crippen molar-refractivity contribution < 1.29 is 46.8 Å². The zero-order chi connectivity index (χ0) is 47.4. The van der Waals surface area contributed by atoms with E-state index < -0.39 is 44.5 Å². The first-order valence-corrected chi connectivity index (χ1v) is 21.7. The molecular weight excluding hydrogens is 869 g/mol. The molecule has 3 aromatic heterocycles. The van der Waals surface area contributed by atoms with E-state index >= 15 is 0 Å². The average molecular weight is 919 g/mol. The molecule has 1 unspecified atom stereocenters. The van der Waals surface area contributed by atoms with Gasteiger partial charge in [-0.1, -0.05) is 85.0 Å². The van der Waals surface area contributed by atoms with E-state index in [1.807, 2.05) is 36.4 Å². The second-order valence-electron chi connectivity index (χ2n) is 15.6. The van der Waals surface area contributed by atoms with E-state index in [4.69, 9.17) is 27.5 Å². The summed E-state index contributed by atoms with van der Waals surface area (Å²) in [7, 11) is 0. The molecule has 5 aromatic rings. The molecule has 0 fully saturated rings. The Morgan fingerprint density at radius 2 is 1.00 bits per heavy atom. The Morgan fingerprint density at radius 1 is 0.597 bits per heavy atom. The second kappa shape index (κ2) is 24.3. The van der Waals surface area contributed by atoms with Crippen LogP contribution in [0.3, 0.4) is 0 Å². The fourth-order valence-electron chi connectivity index (χ4n) is 7.25. The van der Waals surface area contributed by atoms with Crippen molar-refractivity contribution in [1.29, 1.82) is 0 Å². The first kappa shape index (κ1) is 48.4. The van der Waals surface area contributed by atoms with Crippen molar-refractivity contribution in [3.63, 3.8) is 0 Å². The van der Waals surface area contributed by atoms with Crippen molar-refractivity contribution in [2.45, 2.75) is 63.7 Å². The van der Waals surface area contributed by atoms with Gasteiger partial charge in [0.1, 0.15) is 13.2 Å². The molecule has 1 aliphatic rings. The van der Waals surface area contributed by atoms with Gasteiger partial charge in [0.15, 0.2) is 0 Å². The number of nitrogens with zero attached hydrogens (tertiary/aromatic N) is 1. The molecule has 18 heteroatoms. The highest BCUT2D eigenvalue weighted by Crippen LogP contribution is 2.29. The Balaban J connectivity index is 1.09. The largest absolute Gasteiger partial charge is 0.485 e. The topological polar surface area (TPSA) is 249 Å². The lowest BCUT2D eigenvalue weighted by Crippen LogP contribution is -2.41. The third-order valence-electron chi connectivity index (χ3n) is 10.8. The molecule has 6 rings (SSSR count). The van der Waals surface area contributed by atoms with Gasteiger partial charge in [-0.3, -0.25) is 38.9 Å². The summed E-state index contributed by atoms with van der Waals surface area (Å²) in [6, 6.07) is 21.4. The molecule has 0 spiro atoms. The lowest BCUT2D eigenvalue weighted by molar-refractivity contribution is -0.574. The van der Waals surface area contributed by atoms with E-state index in [1.165, 1.54) is 0 Å². The van der Waals surface area contributed by atoms with Crippen LogP contribution in [-0.2, 0) is 13.2 Å². The smallest absolute Gasteiger partial charge is 0.291 e. The molecule has 67 heavy (non-hydrogen) atoms. The highest BCUT2D eigenvalue weighted by molar-refractivity contribution is 5.94. The van der Waals surface area contributed by atoms with Gasteiger partial charge in [-0.05, 0) is 36.8 Å². The van der Waals surface area contributed by atoms with Gasteiger partial charge in [0.2, 0.25) is 56.4 Å². The number of hydrogen-bond acceptors (Lipinski definition) is 14. The van der Waals surface area contributed by atoms with Crippen LogP contribution in [0.25, 0.3) is 0 Å². The molecule has 3 amide bonds. The van der Waals surface area contributed by atoms with Crippen LogP contribution < -0.4 is 46.4 Å². The molecule has 2 aromatic carbocycles. The quantitative estimate of drug-likeness (QED) is 0.0337. The summed E-state index contributed by atoms with van der Waals surface area (Å²) in [4.78, 5) is 90.5. The third-order valence-corrected chi connectivity index (χ3v) is 10.8. The number of ether oxygens (including phenoxy) is 3. The number of carbonyl (C=O) groups excluding carboxylic acids is 3. The second-order valence-corrected chi connectivity index (χ2v) is 15.6. The van der Waals surface area contributed by atoms with Gasteiger partial charge >= 0.3 is 0 Å². The number of carbonyl (C=O) groups is 3. The van der Waals surface area contributed by atoms with Gasteiger partial charge < -0.3 is 43.4 Å². The summed E-state index contributed by atoms with van der Waals surface area (Å²) in [5.41, 5.74) is -1.81. The average Bonchev–Trinajstić information content (AvgIpc) is 3.34. The molecule has 0 aliphatic heterocycles. The minimum absolute atomic E-state index is 0.00384. The van der Waals surface area contributed by atoms with E-state index in [2.05, 4.69) is 16.0 Å². The molecule has 0 bridgehead atoms. The Bertz CT molecular complexity index is 2590. The van der Waals surface area contributed by atoms with Crippen molar-refractivity contribution in [2.24, 2.45) is 5.92 Å². The summed E-state index contributed by atoms with van der Waals surface area (Å²) in [6.07, 6.45) is 11.7. The molecule has 3 N–H and O–H groups in total. The Kier molecular flexibility index (Phi) is 17.6. The number of nitrogens with one attached hydrogen (secondary N) is 3. The van der Waals surface area contributed by atoms with Crippen LogP contribution in [0.4, 0.5) is 0 Å². The molecule has 1 aliphatic carbocycles. The standard InChI is InChI=1S/C49H50N4O14/c54-37-19-28-62-43(40(37)65-31-34-13-4-1-5-14-34)46(57)50-25-10-22-49(53(60)61,23-11-26-51-47(58)44-41(38(55)20-29-63-44)66-32-35-15-6-2-7-16-35)24-12-27-52-48(59)45-42(39(56)21-30-64-45)67-33-36-17-8-3-9-18-36/h1-9,13-17,19-21,28-30,36H,10-12,18,22-27,31-33H2,(H,50,57)(H,51,58)(H,52,59). The van der Waals surface area contributed by atoms with Gasteiger partial charge in [0.05, 0.1) is 25.4 Å². The lowest BCUT2D eigenvalue weighted by atomic mass is 9.84. The van der Waals surface area contributed by atoms with Gasteiger partial charge in [0, 0.05) is 67.9 Å². The van der Waals surface area contributed by atoms with E-state index in [9.17, 15) is 38.9 Å². The van der Waals surface area contributed by atoms with Crippen molar-refractivity contribution >= 4 is 17.7 Å². The van der Waals surface area contributed by atoms with Crippen LogP contribution >= 0.6 is 0 Å². The fraction of sp³-hybridized carbons (Fsp3) is 0.306. The van der Waals surface area contributed by atoms with Crippen LogP contribution in [0.15, 0.2) is 150 Å². The first-order valence-electron chi connectivity index (χ1n) is 21.7. The number of allylic oxidation sites excluding steroid dienone is 3. The van der Waals surface area contributed by atoms with Crippen molar-refractivity contribution in [3.05, 3.63) is 191 Å². The Hall–Kier alpha value is -8.02. The fourth-order valence-corrected chi connectivity index (χ4v) is 7.25. The number of nitro groups is 1. The Morgan fingerprint density at radius 3 is 1.37 bits per heavy atom. The monoisotopic (exact) mass is 918 g/mol. The number of amides is 3. The molecule has 0 saturated heterocycles. The maximum absolute atomic E-state index is 13.3. The first-order chi connectivity index (χ1) is 32.5. The zero-order valence-electron chi connectivity index (χ0n) is 36.5. The SMILES string of the molecule is O=C(NCCCC(CCCNC(=O)c1occc(=O)c1OCc1ccccc1)(CCCNC(=O)c1occc(=O)c1OCC1C=CC=CC1)[N+](=O)[O-])c1occc(=O)c1OCc1ccccc1. The third kappa shape index (κ3) is 13.7. The summed E-state index contributed by atoms with van der Waals surface area (Å²) in [5, 5.41) is 21.0. The molecule has 0 saturated carbocycles. The predicted octanol–water partition coefficient (Wildman–Crippen LogP) is 6.16. The van der Waals surface area contributed by atoms with E-state index in [0.29, 0.717) is 6.42 Å². The maximum Gasteiger partial charge on any atom is 0.291 e. The number of benzene rings is 2. The number of hydrogen-bond donors (Lipinski definition) is 3. The predicted molar refractivity (Wildman–Crippen MR) is 243 cm³/mol. The Labute approximate surface area is 383 Å². The highest BCUT2D eigenvalue weighted by Gasteiger charge is 2.41. The number of rotatable bonds is 25. The highest BCUT2D eigenvalue weighted by atomic mass is 16.6. The van der Waals surface area contributed by atoms with Crippen LogP contribution in [-0.4, -0.2) is 54.4 Å². The van der Waals surface area contributed by atoms with Crippen molar-refractivity contribution in [2.75, 3.05) is 26.2 Å². The molecule has 350 valence electrons. The normalized spacial score (nSPS) is 13.0. The minimum Gasteiger partial charge on any atom is -0.485 e. The van der Waals surface area contributed by atoms with Gasteiger partial charge in [-0.2, -0.15) is 0 Å². The minimum atomic E-state index is -1.62. The summed E-state index contributed by atoms with van der Waals surface area (Å²) in [5.74, 6) is -4.16. The molecular formula is C49H50N4O14. The van der Waals surface area contributed by atoms with Gasteiger partial charge in [-0.25, -0.2) is 0 Å². The van der Waals surface area contributed by atoms with Gasteiger partial charge in [0.25, 0.3) is 17.7 Å². The summed E-state index contributed by atoms with van der Waals surface area (Å²) in [6.45, 7) is -0.0333. The van der Waals surface area contributed by atoms with Crippen LogP contribution in [0.5, 0.6) is 17.2 Å². The lowest BCUT2D eigenvalue weighted by Gasteiger charge is -2.26. The van der Waals surface area contributed by atoms with E-state index in [-0.39, 0.29) is 118 Å². The van der Waals surface area contributed by atoms with E-state index in [0.717, 1.165) is 48.1 Å². The van der Waals surface area contributed by atoms with Crippen molar-refractivity contribution in [1.82, 2.24) is 16.0 Å². The van der Waals surface area contributed by atoms with E-state index in [1.54, 1.807) is 48.5 Å². The molecule has 0 radical (unpaired) electrons. The van der Waals surface area contributed by atoms with Crippen LogP contribution in [0.1, 0.15) is 87.7 Å².